The highest BCUT2D eigenvalue weighted by Crippen LogP contribution is 2.34. The number of hydrogen-bond acceptors (Lipinski definition) is 1. The van der Waals surface area contributed by atoms with Gasteiger partial charge in [0.15, 0.2) is 0 Å². The maximum Gasteiger partial charge on any atom is 0.107 e. The van der Waals surface area contributed by atoms with Crippen LogP contribution in [0.15, 0.2) is 42.5 Å². The summed E-state index contributed by atoms with van der Waals surface area (Å²) in [6, 6.07) is 14.8. The molecule has 1 heteroatoms. The smallest absolute Gasteiger partial charge is 0.107 e. The number of rotatable bonds is 1. The molecule has 0 aliphatic carbocycles. The van der Waals surface area contributed by atoms with E-state index in [-0.39, 0.29) is 0 Å². The van der Waals surface area contributed by atoms with E-state index in [1.807, 2.05) is 0 Å². The number of ether oxygens (including phenoxy) is 1. The van der Waals surface area contributed by atoms with Crippen LogP contribution in [0.1, 0.15) is 11.7 Å². The molecule has 0 N–H and O–H groups in total. The fourth-order valence-corrected chi connectivity index (χ4v) is 1.76. The minimum Gasteiger partial charge on any atom is -0.368 e. The molecule has 64 valence electrons. The van der Waals surface area contributed by atoms with E-state index in [0.29, 0.717) is 6.10 Å². The molecule has 3 rings (SSSR count). The Bertz CT molecular complexity index is 438. The molecular formula is C12H10O. The van der Waals surface area contributed by atoms with Gasteiger partial charge in [0.2, 0.25) is 0 Å². The van der Waals surface area contributed by atoms with Gasteiger partial charge in [-0.2, -0.15) is 0 Å². The van der Waals surface area contributed by atoms with Crippen molar-refractivity contribution < 1.29 is 4.74 Å². The van der Waals surface area contributed by atoms with Gasteiger partial charge in [0, 0.05) is 0 Å². The van der Waals surface area contributed by atoms with Gasteiger partial charge in [0.25, 0.3) is 0 Å². The molecule has 1 atom stereocenters. The summed E-state index contributed by atoms with van der Waals surface area (Å²) in [6.45, 7) is 0.883. The molecule has 0 aromatic heterocycles. The van der Waals surface area contributed by atoms with Crippen LogP contribution < -0.4 is 0 Å². The summed E-state index contributed by atoms with van der Waals surface area (Å²) < 4.78 is 5.30. The van der Waals surface area contributed by atoms with Crippen molar-refractivity contribution in [3.05, 3.63) is 48.0 Å². The maximum atomic E-state index is 5.30. The second kappa shape index (κ2) is 2.57. The zero-order valence-electron chi connectivity index (χ0n) is 7.23. The second-order valence-electron chi connectivity index (χ2n) is 3.39. The summed E-state index contributed by atoms with van der Waals surface area (Å²) in [4.78, 5) is 0. The monoisotopic (exact) mass is 170 g/mol. The van der Waals surface area contributed by atoms with E-state index in [1.165, 1.54) is 16.3 Å². The lowest BCUT2D eigenvalue weighted by Crippen LogP contribution is -1.82. The van der Waals surface area contributed by atoms with Crippen LogP contribution in [0.5, 0.6) is 0 Å². The summed E-state index contributed by atoms with van der Waals surface area (Å²) >= 11 is 0. The lowest BCUT2D eigenvalue weighted by Gasteiger charge is -2.02. The van der Waals surface area contributed by atoms with E-state index in [4.69, 9.17) is 4.74 Å². The molecule has 0 amide bonds. The van der Waals surface area contributed by atoms with E-state index in [9.17, 15) is 0 Å². The van der Waals surface area contributed by atoms with Gasteiger partial charge < -0.3 is 4.74 Å². The maximum absolute atomic E-state index is 5.30. The summed E-state index contributed by atoms with van der Waals surface area (Å²) in [6.07, 6.45) is 0.353. The molecule has 1 unspecified atom stereocenters. The molecule has 2 aromatic carbocycles. The minimum atomic E-state index is 0.353. The van der Waals surface area contributed by atoms with Crippen LogP contribution in [0.2, 0.25) is 0 Å². The summed E-state index contributed by atoms with van der Waals surface area (Å²) in [5.74, 6) is 0. The third kappa shape index (κ3) is 1.12. The van der Waals surface area contributed by atoms with Crippen molar-refractivity contribution in [2.75, 3.05) is 6.61 Å². The molecule has 13 heavy (non-hydrogen) atoms. The molecule has 0 spiro atoms. The van der Waals surface area contributed by atoms with Crippen LogP contribution in [0.4, 0.5) is 0 Å². The predicted molar refractivity (Wildman–Crippen MR) is 52.6 cm³/mol. The molecular weight excluding hydrogens is 160 g/mol. The van der Waals surface area contributed by atoms with Crippen molar-refractivity contribution in [3.63, 3.8) is 0 Å². The molecule has 1 heterocycles. The molecule has 1 saturated heterocycles. The van der Waals surface area contributed by atoms with Crippen LogP contribution in [0.25, 0.3) is 10.8 Å². The van der Waals surface area contributed by atoms with Gasteiger partial charge in [0.05, 0.1) is 6.61 Å². The lowest BCUT2D eigenvalue weighted by atomic mass is 10.0. The van der Waals surface area contributed by atoms with Crippen LogP contribution >= 0.6 is 0 Å². The van der Waals surface area contributed by atoms with Gasteiger partial charge in [0.1, 0.15) is 6.10 Å². The van der Waals surface area contributed by atoms with Gasteiger partial charge in [-0.25, -0.2) is 0 Å². The number of hydrogen-bond donors (Lipinski definition) is 0. The number of benzene rings is 2. The van der Waals surface area contributed by atoms with Gasteiger partial charge in [-0.3, -0.25) is 0 Å². The first-order valence-electron chi connectivity index (χ1n) is 4.54. The van der Waals surface area contributed by atoms with Crippen molar-refractivity contribution >= 4 is 10.8 Å². The van der Waals surface area contributed by atoms with Gasteiger partial charge >= 0.3 is 0 Å². The third-order valence-corrected chi connectivity index (χ3v) is 2.50. The third-order valence-electron chi connectivity index (χ3n) is 2.50. The van der Waals surface area contributed by atoms with Crippen molar-refractivity contribution in [1.82, 2.24) is 0 Å². The molecule has 1 nitrogen and oxygen atoms in total. The molecule has 0 radical (unpaired) electrons. The van der Waals surface area contributed by atoms with Gasteiger partial charge in [-0.05, 0) is 16.3 Å². The first-order valence-corrected chi connectivity index (χ1v) is 4.54. The Hall–Kier alpha value is -1.34. The topological polar surface area (TPSA) is 12.5 Å². The fourth-order valence-electron chi connectivity index (χ4n) is 1.76. The predicted octanol–water partition coefficient (Wildman–Crippen LogP) is 2.91. The van der Waals surface area contributed by atoms with E-state index in [0.717, 1.165) is 6.61 Å². The van der Waals surface area contributed by atoms with Crippen LogP contribution in [-0.2, 0) is 4.74 Å². The summed E-state index contributed by atoms with van der Waals surface area (Å²) in [7, 11) is 0. The van der Waals surface area contributed by atoms with Gasteiger partial charge in [-0.1, -0.05) is 42.5 Å². The second-order valence-corrected chi connectivity index (χ2v) is 3.39. The zero-order chi connectivity index (χ0) is 8.67. The van der Waals surface area contributed by atoms with E-state index < -0.39 is 0 Å². The SMILES string of the molecule is c1ccc2c(C3CO3)cccc2c1. The van der Waals surface area contributed by atoms with Gasteiger partial charge in [-0.15, -0.1) is 0 Å². The van der Waals surface area contributed by atoms with Crippen molar-refractivity contribution in [2.24, 2.45) is 0 Å². The summed E-state index contributed by atoms with van der Waals surface area (Å²) in [5.41, 5.74) is 1.33. The fraction of sp³-hybridized carbons (Fsp3) is 0.167. The van der Waals surface area contributed by atoms with E-state index in [2.05, 4.69) is 42.5 Å². The molecule has 2 aromatic rings. The Morgan fingerprint density at radius 3 is 2.62 bits per heavy atom. The quantitative estimate of drug-likeness (QED) is 0.599. The average Bonchev–Trinajstić information content (AvgIpc) is 3.00. The standard InChI is InChI=1S/C12H10O/c1-2-6-10-9(4-1)5-3-7-11(10)12-8-13-12/h1-7,12H,8H2. The average molecular weight is 170 g/mol. The Morgan fingerprint density at radius 1 is 1.00 bits per heavy atom. The Labute approximate surface area is 77.0 Å². The van der Waals surface area contributed by atoms with Crippen LogP contribution in [-0.4, -0.2) is 6.61 Å². The largest absolute Gasteiger partial charge is 0.368 e. The molecule has 1 aliphatic heterocycles. The van der Waals surface area contributed by atoms with Crippen LogP contribution in [0, 0.1) is 0 Å². The number of epoxide rings is 1. The lowest BCUT2D eigenvalue weighted by molar-refractivity contribution is 0.417. The summed E-state index contributed by atoms with van der Waals surface area (Å²) in [5, 5.41) is 2.63. The van der Waals surface area contributed by atoms with Crippen molar-refractivity contribution in [1.29, 1.82) is 0 Å². The first kappa shape index (κ1) is 7.10. The highest BCUT2D eigenvalue weighted by atomic mass is 16.6. The Kier molecular flexibility index (Phi) is 1.41. The van der Waals surface area contributed by atoms with Crippen molar-refractivity contribution in [3.8, 4) is 0 Å². The first-order chi connectivity index (χ1) is 6.45. The molecule has 0 bridgehead atoms. The van der Waals surface area contributed by atoms with Crippen molar-refractivity contribution in [2.45, 2.75) is 6.10 Å². The minimum absolute atomic E-state index is 0.353. The highest BCUT2D eigenvalue weighted by molar-refractivity contribution is 5.86. The van der Waals surface area contributed by atoms with E-state index in [1.54, 1.807) is 0 Å². The Morgan fingerprint density at radius 2 is 1.77 bits per heavy atom. The highest BCUT2D eigenvalue weighted by Gasteiger charge is 2.25. The van der Waals surface area contributed by atoms with E-state index >= 15 is 0 Å². The zero-order valence-corrected chi connectivity index (χ0v) is 7.23. The Balaban J connectivity index is 2.32. The number of fused-ring (bicyclic) bond motifs is 1. The molecule has 0 saturated carbocycles. The molecule has 1 aliphatic rings. The van der Waals surface area contributed by atoms with Crippen LogP contribution in [0.3, 0.4) is 0 Å². The molecule has 1 fully saturated rings. The normalized spacial score (nSPS) is 20.5.